The highest BCUT2D eigenvalue weighted by molar-refractivity contribution is 6.12. The van der Waals surface area contributed by atoms with Gasteiger partial charge < -0.3 is 29.9 Å². The first kappa shape index (κ1) is 33.8. The van der Waals surface area contributed by atoms with E-state index in [4.69, 9.17) is 9.84 Å². The van der Waals surface area contributed by atoms with Gasteiger partial charge in [0.15, 0.2) is 0 Å². The molecule has 4 aromatic rings. The highest BCUT2D eigenvalue weighted by Gasteiger charge is 2.30. The summed E-state index contributed by atoms with van der Waals surface area (Å²) in [6.07, 6.45) is -0.433. The standard InChI is InChI=1S/C35H34F2N2O7/c1-20(2)39-29(16-15-27(40)18-28(41)19-30(42)43)31(21-7-11-24(36)12-8-21)32(22-9-13-25(37)14-10-22)33(39)34(44)38-26-6-4-5-23(17-26)35(45)46-3/h4-17,20,27-28,40-41H,18-19H2,1-3H3,(H,38,44)(H,42,43)/b16-15+/t27-,28-/m1/s1. The Balaban J connectivity index is 1.97. The number of esters is 1. The summed E-state index contributed by atoms with van der Waals surface area (Å²) in [5, 5.41) is 32.6. The average Bonchev–Trinajstić information content (AvgIpc) is 3.35. The molecule has 3 aromatic carbocycles. The maximum absolute atomic E-state index is 14.2. The number of aliphatic hydroxyl groups excluding tert-OH is 2. The van der Waals surface area contributed by atoms with Crippen molar-refractivity contribution in [2.45, 2.75) is 44.9 Å². The number of aliphatic hydroxyl groups is 2. The number of methoxy groups -OCH3 is 1. The molecule has 0 aliphatic carbocycles. The average molecular weight is 633 g/mol. The van der Waals surface area contributed by atoms with Crippen LogP contribution < -0.4 is 5.32 Å². The van der Waals surface area contributed by atoms with E-state index in [1.54, 1.807) is 22.8 Å². The van der Waals surface area contributed by atoms with E-state index in [-0.39, 0.29) is 23.7 Å². The second-order valence-corrected chi connectivity index (χ2v) is 10.9. The minimum atomic E-state index is -1.30. The van der Waals surface area contributed by atoms with Gasteiger partial charge in [-0.15, -0.1) is 0 Å². The number of carboxylic acids is 1. The molecular formula is C35H34F2N2O7. The van der Waals surface area contributed by atoms with Gasteiger partial charge in [0.05, 0.1) is 31.3 Å². The molecule has 0 bridgehead atoms. The number of hydrogen-bond acceptors (Lipinski definition) is 6. The summed E-state index contributed by atoms with van der Waals surface area (Å²) in [6, 6.07) is 16.9. The summed E-state index contributed by atoms with van der Waals surface area (Å²) in [6.45, 7) is 3.67. The lowest BCUT2D eigenvalue weighted by Gasteiger charge is -2.17. The summed E-state index contributed by atoms with van der Waals surface area (Å²) in [5.41, 5.74) is 2.96. The number of aromatic nitrogens is 1. The molecule has 0 radical (unpaired) electrons. The first-order valence-electron chi connectivity index (χ1n) is 14.5. The van der Waals surface area contributed by atoms with Crippen LogP contribution in [0.4, 0.5) is 14.5 Å². The Bertz CT molecular complexity index is 1750. The molecule has 46 heavy (non-hydrogen) atoms. The predicted molar refractivity (Wildman–Crippen MR) is 169 cm³/mol. The van der Waals surface area contributed by atoms with Gasteiger partial charge in [-0.3, -0.25) is 9.59 Å². The van der Waals surface area contributed by atoms with Crippen molar-refractivity contribution in [1.82, 2.24) is 4.57 Å². The zero-order valence-corrected chi connectivity index (χ0v) is 25.4. The van der Waals surface area contributed by atoms with Crippen molar-refractivity contribution in [3.63, 3.8) is 0 Å². The Morgan fingerprint density at radius 3 is 2.04 bits per heavy atom. The topological polar surface area (TPSA) is 138 Å². The molecule has 4 rings (SSSR count). The zero-order valence-electron chi connectivity index (χ0n) is 25.4. The van der Waals surface area contributed by atoms with Crippen molar-refractivity contribution in [1.29, 1.82) is 0 Å². The number of ether oxygens (including phenoxy) is 1. The summed E-state index contributed by atoms with van der Waals surface area (Å²) in [7, 11) is 1.24. The number of aliphatic carboxylic acids is 1. The number of amides is 1. The lowest BCUT2D eigenvalue weighted by atomic mass is 9.94. The maximum Gasteiger partial charge on any atom is 0.337 e. The Kier molecular flexibility index (Phi) is 10.8. The molecule has 0 unspecified atom stereocenters. The fourth-order valence-electron chi connectivity index (χ4n) is 5.21. The minimum absolute atomic E-state index is 0.157. The molecular weight excluding hydrogens is 598 g/mol. The van der Waals surface area contributed by atoms with Crippen molar-refractivity contribution in [2.24, 2.45) is 0 Å². The monoisotopic (exact) mass is 632 g/mol. The van der Waals surface area contributed by atoms with Crippen LogP contribution in [0.5, 0.6) is 0 Å². The molecule has 0 aliphatic rings. The van der Waals surface area contributed by atoms with Gasteiger partial charge in [0, 0.05) is 35.0 Å². The van der Waals surface area contributed by atoms with Gasteiger partial charge in [0.2, 0.25) is 0 Å². The first-order chi connectivity index (χ1) is 21.9. The molecule has 4 N–H and O–H groups in total. The molecule has 0 saturated heterocycles. The van der Waals surface area contributed by atoms with E-state index in [1.807, 2.05) is 13.8 Å². The van der Waals surface area contributed by atoms with Crippen LogP contribution in [0.15, 0.2) is 78.9 Å². The Labute approximate surface area is 264 Å². The van der Waals surface area contributed by atoms with Crippen LogP contribution in [0, 0.1) is 11.6 Å². The van der Waals surface area contributed by atoms with Crippen LogP contribution in [0.3, 0.4) is 0 Å². The molecule has 1 amide bonds. The van der Waals surface area contributed by atoms with Crippen molar-refractivity contribution >= 4 is 29.6 Å². The number of halogens is 2. The van der Waals surface area contributed by atoms with Gasteiger partial charge in [0.1, 0.15) is 17.3 Å². The molecule has 0 aliphatic heterocycles. The zero-order chi connectivity index (χ0) is 33.5. The summed E-state index contributed by atoms with van der Waals surface area (Å²) in [4.78, 5) is 37.4. The fraction of sp³-hybridized carbons (Fsp3) is 0.229. The van der Waals surface area contributed by atoms with Crippen molar-refractivity contribution in [3.05, 3.63) is 107 Å². The molecule has 1 heterocycles. The van der Waals surface area contributed by atoms with Gasteiger partial charge in [0.25, 0.3) is 5.91 Å². The Hall–Kier alpha value is -5.13. The second kappa shape index (κ2) is 14.8. The highest BCUT2D eigenvalue weighted by atomic mass is 19.1. The number of carbonyl (C=O) groups excluding carboxylic acids is 2. The normalized spacial score (nSPS) is 12.7. The van der Waals surface area contributed by atoms with Crippen LogP contribution >= 0.6 is 0 Å². The van der Waals surface area contributed by atoms with Crippen LogP contribution in [0.2, 0.25) is 0 Å². The van der Waals surface area contributed by atoms with Crippen LogP contribution in [0.25, 0.3) is 28.3 Å². The SMILES string of the molecule is COC(=O)c1cccc(NC(=O)c2c(-c3ccc(F)cc3)c(-c3ccc(F)cc3)c(/C=C/[C@@H](O)C[C@@H](O)CC(=O)O)n2C(C)C)c1. The molecule has 9 nitrogen and oxygen atoms in total. The Morgan fingerprint density at radius 1 is 0.913 bits per heavy atom. The number of carboxylic acid groups (broad SMARTS) is 1. The largest absolute Gasteiger partial charge is 0.481 e. The first-order valence-corrected chi connectivity index (χ1v) is 14.5. The number of anilines is 1. The van der Waals surface area contributed by atoms with E-state index in [1.165, 1.54) is 73.8 Å². The summed E-state index contributed by atoms with van der Waals surface area (Å²) in [5.74, 6) is -3.36. The van der Waals surface area contributed by atoms with E-state index < -0.39 is 48.1 Å². The number of nitrogens with zero attached hydrogens (tertiary/aromatic N) is 1. The number of hydrogen-bond donors (Lipinski definition) is 4. The van der Waals surface area contributed by atoms with E-state index in [0.29, 0.717) is 33.6 Å². The highest BCUT2D eigenvalue weighted by Crippen LogP contribution is 2.43. The number of rotatable bonds is 12. The van der Waals surface area contributed by atoms with E-state index in [0.717, 1.165) is 0 Å². The van der Waals surface area contributed by atoms with Crippen molar-refractivity contribution in [3.8, 4) is 22.3 Å². The third-order valence-electron chi connectivity index (χ3n) is 7.18. The van der Waals surface area contributed by atoms with E-state index in [9.17, 15) is 33.4 Å². The Morgan fingerprint density at radius 2 is 1.50 bits per heavy atom. The molecule has 240 valence electrons. The summed E-state index contributed by atoms with van der Waals surface area (Å²) < 4.78 is 34.7. The lowest BCUT2D eigenvalue weighted by Crippen LogP contribution is -2.20. The maximum atomic E-state index is 14.2. The second-order valence-electron chi connectivity index (χ2n) is 10.9. The fourth-order valence-corrected chi connectivity index (χ4v) is 5.21. The number of nitrogens with one attached hydrogen (secondary N) is 1. The van der Waals surface area contributed by atoms with Crippen LogP contribution in [-0.2, 0) is 9.53 Å². The number of benzene rings is 3. The predicted octanol–water partition coefficient (Wildman–Crippen LogP) is 6.32. The van der Waals surface area contributed by atoms with E-state index in [2.05, 4.69) is 5.32 Å². The van der Waals surface area contributed by atoms with Gasteiger partial charge >= 0.3 is 11.9 Å². The quantitative estimate of drug-likeness (QED) is 0.134. The smallest absolute Gasteiger partial charge is 0.337 e. The van der Waals surface area contributed by atoms with E-state index >= 15 is 0 Å². The molecule has 0 spiro atoms. The van der Waals surface area contributed by atoms with Gasteiger partial charge in [-0.05, 0) is 73.5 Å². The minimum Gasteiger partial charge on any atom is -0.481 e. The lowest BCUT2D eigenvalue weighted by molar-refractivity contribution is -0.139. The third-order valence-corrected chi connectivity index (χ3v) is 7.18. The van der Waals surface area contributed by atoms with Gasteiger partial charge in [-0.2, -0.15) is 0 Å². The van der Waals surface area contributed by atoms with Gasteiger partial charge in [-0.1, -0.05) is 36.4 Å². The molecule has 2 atom stereocenters. The number of carbonyl (C=O) groups is 3. The van der Waals surface area contributed by atoms with Crippen molar-refractivity contribution in [2.75, 3.05) is 12.4 Å². The van der Waals surface area contributed by atoms with Gasteiger partial charge in [-0.25, -0.2) is 13.6 Å². The third kappa shape index (κ3) is 7.92. The van der Waals surface area contributed by atoms with Crippen molar-refractivity contribution < 1.29 is 43.2 Å². The molecule has 0 fully saturated rings. The van der Waals surface area contributed by atoms with Crippen LogP contribution in [-0.4, -0.2) is 57.1 Å². The molecule has 11 heteroatoms. The van der Waals surface area contributed by atoms with Crippen LogP contribution in [0.1, 0.15) is 59.3 Å². The molecule has 1 aromatic heterocycles. The summed E-state index contributed by atoms with van der Waals surface area (Å²) >= 11 is 0. The molecule has 0 saturated carbocycles.